The molecule has 1 aliphatic heterocycles. The second-order valence-electron chi connectivity index (χ2n) is 5.98. The van der Waals surface area contributed by atoms with E-state index < -0.39 is 6.23 Å². The van der Waals surface area contributed by atoms with Crippen molar-refractivity contribution in [2.75, 3.05) is 25.3 Å². The summed E-state index contributed by atoms with van der Waals surface area (Å²) in [4.78, 5) is 4.53. The van der Waals surface area contributed by atoms with E-state index in [1.54, 1.807) is 7.11 Å². The smallest absolute Gasteiger partial charge is 0.247 e. The monoisotopic (exact) mass is 396 g/mol. The van der Waals surface area contributed by atoms with E-state index in [2.05, 4.69) is 20.5 Å². The number of thioether (sulfide) groups is 1. The first-order chi connectivity index (χ1) is 13.7. The molecule has 144 valence electrons. The lowest BCUT2D eigenvalue weighted by Crippen LogP contribution is -2.17. The molecule has 1 atom stereocenters. The quantitative estimate of drug-likeness (QED) is 0.644. The number of fused-ring (bicyclic) bond motifs is 3. The molecule has 1 aliphatic rings. The first-order valence-corrected chi connectivity index (χ1v) is 10.1. The highest BCUT2D eigenvalue weighted by Gasteiger charge is 2.26. The van der Waals surface area contributed by atoms with Crippen LogP contribution in [-0.4, -0.2) is 35.2 Å². The molecule has 2 aromatic carbocycles. The van der Waals surface area contributed by atoms with Gasteiger partial charge in [0, 0.05) is 16.8 Å². The number of hydrogen-bond acceptors (Lipinski definition) is 8. The highest BCUT2D eigenvalue weighted by molar-refractivity contribution is 7.98. The van der Waals surface area contributed by atoms with Crippen LogP contribution in [0.15, 0.2) is 47.6 Å². The summed E-state index contributed by atoms with van der Waals surface area (Å²) in [5, 5.41) is 12.5. The highest BCUT2D eigenvalue weighted by Crippen LogP contribution is 2.40. The topological polar surface area (TPSA) is 78.4 Å². The molecule has 0 saturated carbocycles. The van der Waals surface area contributed by atoms with Crippen LogP contribution in [0.1, 0.15) is 18.7 Å². The van der Waals surface area contributed by atoms with Crippen LogP contribution in [0.4, 0.5) is 5.69 Å². The Morgan fingerprint density at radius 1 is 1.14 bits per heavy atom. The summed E-state index contributed by atoms with van der Waals surface area (Å²) in [6.45, 7) is 2.48. The van der Waals surface area contributed by atoms with E-state index in [-0.39, 0.29) is 0 Å². The van der Waals surface area contributed by atoms with Crippen molar-refractivity contribution < 1.29 is 14.2 Å². The molecule has 0 spiro atoms. The minimum atomic E-state index is -0.473. The Kier molecular flexibility index (Phi) is 5.21. The van der Waals surface area contributed by atoms with Crippen molar-refractivity contribution in [3.8, 4) is 28.6 Å². The molecule has 2 heterocycles. The normalized spacial score (nSPS) is 14.8. The number of hydrogen-bond donors (Lipinski definition) is 1. The predicted molar refractivity (Wildman–Crippen MR) is 108 cm³/mol. The molecule has 0 bridgehead atoms. The van der Waals surface area contributed by atoms with Gasteiger partial charge in [-0.3, -0.25) is 0 Å². The first kappa shape index (κ1) is 18.4. The van der Waals surface area contributed by atoms with Gasteiger partial charge in [-0.15, -0.1) is 10.2 Å². The third-order valence-corrected chi connectivity index (χ3v) is 4.84. The third-order valence-electron chi connectivity index (χ3n) is 4.31. The van der Waals surface area contributed by atoms with Gasteiger partial charge in [-0.1, -0.05) is 30.0 Å². The fourth-order valence-corrected chi connectivity index (χ4v) is 3.31. The van der Waals surface area contributed by atoms with Crippen molar-refractivity contribution in [2.24, 2.45) is 0 Å². The lowest BCUT2D eigenvalue weighted by Gasteiger charge is -2.20. The van der Waals surface area contributed by atoms with E-state index in [1.807, 2.05) is 55.6 Å². The first-order valence-electron chi connectivity index (χ1n) is 8.85. The number of rotatable bonds is 5. The molecule has 8 heteroatoms. The largest absolute Gasteiger partial charge is 0.493 e. The Balaban J connectivity index is 1.80. The summed E-state index contributed by atoms with van der Waals surface area (Å²) in [7, 11) is 1.62. The van der Waals surface area contributed by atoms with E-state index >= 15 is 0 Å². The Bertz CT molecular complexity index is 999. The van der Waals surface area contributed by atoms with Gasteiger partial charge in [0.25, 0.3) is 0 Å². The molecule has 7 nitrogen and oxygen atoms in total. The van der Waals surface area contributed by atoms with Gasteiger partial charge in [-0.25, -0.2) is 0 Å². The summed E-state index contributed by atoms with van der Waals surface area (Å²) in [5.74, 6) is 1.78. The van der Waals surface area contributed by atoms with Gasteiger partial charge in [0.2, 0.25) is 11.0 Å². The maximum absolute atomic E-state index is 6.24. The zero-order valence-electron chi connectivity index (χ0n) is 15.8. The molecule has 0 saturated heterocycles. The van der Waals surface area contributed by atoms with Crippen LogP contribution >= 0.6 is 11.8 Å². The number of nitrogens with one attached hydrogen (secondary N) is 1. The summed E-state index contributed by atoms with van der Waals surface area (Å²) >= 11 is 1.42. The number of benzene rings is 2. The molecule has 0 aliphatic carbocycles. The number of ether oxygens (including phenoxy) is 3. The van der Waals surface area contributed by atoms with Gasteiger partial charge < -0.3 is 19.5 Å². The van der Waals surface area contributed by atoms with Gasteiger partial charge >= 0.3 is 0 Å². The number of aromatic nitrogens is 3. The van der Waals surface area contributed by atoms with E-state index in [0.29, 0.717) is 34.8 Å². The van der Waals surface area contributed by atoms with Crippen molar-refractivity contribution in [1.29, 1.82) is 0 Å². The van der Waals surface area contributed by atoms with Gasteiger partial charge in [0.15, 0.2) is 23.4 Å². The minimum absolute atomic E-state index is 0.440. The Hall–Kier alpha value is -3.00. The van der Waals surface area contributed by atoms with Crippen molar-refractivity contribution >= 4 is 17.4 Å². The number of nitrogens with zero attached hydrogens (tertiary/aromatic N) is 3. The van der Waals surface area contributed by atoms with Gasteiger partial charge in [0.05, 0.1) is 13.7 Å². The summed E-state index contributed by atoms with van der Waals surface area (Å²) < 4.78 is 17.3. The number of para-hydroxylation sites is 1. The Morgan fingerprint density at radius 2 is 2.00 bits per heavy atom. The van der Waals surface area contributed by atoms with Crippen molar-refractivity contribution in [3.63, 3.8) is 0 Å². The van der Waals surface area contributed by atoms with Crippen LogP contribution in [0.25, 0.3) is 11.3 Å². The minimum Gasteiger partial charge on any atom is -0.493 e. The summed E-state index contributed by atoms with van der Waals surface area (Å²) in [6, 6.07) is 13.6. The van der Waals surface area contributed by atoms with Gasteiger partial charge in [-0.2, -0.15) is 4.98 Å². The molecule has 0 fully saturated rings. The fourth-order valence-electron chi connectivity index (χ4n) is 3.01. The van der Waals surface area contributed by atoms with E-state index in [0.717, 1.165) is 16.8 Å². The molecule has 4 rings (SSSR count). The molecule has 1 N–H and O–H groups in total. The predicted octanol–water partition coefficient (Wildman–Crippen LogP) is 4.17. The molecular formula is C20H20N4O3S. The number of anilines is 1. The van der Waals surface area contributed by atoms with E-state index in [1.165, 1.54) is 11.8 Å². The van der Waals surface area contributed by atoms with E-state index in [4.69, 9.17) is 14.2 Å². The summed E-state index contributed by atoms with van der Waals surface area (Å²) in [6.07, 6.45) is 1.43. The van der Waals surface area contributed by atoms with Crippen LogP contribution in [0.5, 0.6) is 17.4 Å². The van der Waals surface area contributed by atoms with Crippen LogP contribution in [-0.2, 0) is 0 Å². The molecule has 3 aromatic rings. The molecular weight excluding hydrogens is 376 g/mol. The zero-order valence-corrected chi connectivity index (χ0v) is 16.6. The SMILES string of the molecule is CCOc1cc(C2Nc3ccccc3-c3nnc(SC)nc3O2)ccc1OC. The maximum Gasteiger partial charge on any atom is 0.247 e. The van der Waals surface area contributed by atoms with Crippen molar-refractivity contribution in [2.45, 2.75) is 18.3 Å². The zero-order chi connectivity index (χ0) is 19.5. The van der Waals surface area contributed by atoms with Crippen LogP contribution in [0.3, 0.4) is 0 Å². The van der Waals surface area contributed by atoms with Crippen LogP contribution in [0.2, 0.25) is 0 Å². The third kappa shape index (κ3) is 3.43. The van der Waals surface area contributed by atoms with Gasteiger partial charge in [-0.05, 0) is 37.4 Å². The van der Waals surface area contributed by atoms with E-state index in [9.17, 15) is 0 Å². The maximum atomic E-state index is 6.24. The lowest BCUT2D eigenvalue weighted by molar-refractivity contribution is 0.224. The highest BCUT2D eigenvalue weighted by atomic mass is 32.2. The average Bonchev–Trinajstić information content (AvgIpc) is 2.90. The Labute approximate surface area is 167 Å². The lowest BCUT2D eigenvalue weighted by atomic mass is 10.1. The van der Waals surface area contributed by atoms with Crippen LogP contribution < -0.4 is 19.5 Å². The van der Waals surface area contributed by atoms with Gasteiger partial charge in [0.1, 0.15) is 0 Å². The molecule has 1 aromatic heterocycles. The standard InChI is InChI=1S/C20H20N4O3S/c1-4-26-16-11-12(9-10-15(16)25-2)18-21-14-8-6-5-7-13(14)17-19(27-18)22-20(28-3)24-23-17/h5-11,18,21H,4H2,1-3H3. The van der Waals surface area contributed by atoms with Crippen molar-refractivity contribution in [1.82, 2.24) is 15.2 Å². The fraction of sp³-hybridized carbons (Fsp3) is 0.250. The second kappa shape index (κ2) is 7.93. The van der Waals surface area contributed by atoms with Crippen LogP contribution in [0, 0.1) is 0 Å². The molecule has 0 amide bonds. The summed E-state index contributed by atoms with van der Waals surface area (Å²) in [5.41, 5.74) is 3.29. The molecule has 28 heavy (non-hydrogen) atoms. The number of methoxy groups -OCH3 is 1. The molecule has 1 unspecified atom stereocenters. The molecule has 0 radical (unpaired) electrons. The second-order valence-corrected chi connectivity index (χ2v) is 6.76. The Morgan fingerprint density at radius 3 is 2.79 bits per heavy atom. The van der Waals surface area contributed by atoms with Crippen molar-refractivity contribution in [3.05, 3.63) is 48.0 Å². The average molecular weight is 396 g/mol.